The minimum atomic E-state index is -0.857. The Morgan fingerprint density at radius 3 is 2.68 bits per heavy atom. The molecule has 0 aliphatic carbocycles. The number of nitrogens with zero attached hydrogens (tertiary/aromatic N) is 2. The van der Waals surface area contributed by atoms with Gasteiger partial charge in [0.1, 0.15) is 0 Å². The van der Waals surface area contributed by atoms with Gasteiger partial charge in [-0.15, -0.1) is 0 Å². The molecule has 0 aromatic carbocycles. The van der Waals surface area contributed by atoms with Gasteiger partial charge in [-0.1, -0.05) is 0 Å². The molecule has 2 amide bonds. The molecule has 1 rings (SSSR count). The van der Waals surface area contributed by atoms with Crippen molar-refractivity contribution in [2.45, 2.75) is 37.9 Å². The molecular weight excluding hydrogens is 264 g/mol. The first-order valence-corrected chi connectivity index (χ1v) is 8.15. The molecule has 1 aliphatic heterocycles. The van der Waals surface area contributed by atoms with Gasteiger partial charge in [0.25, 0.3) is 0 Å². The Bertz CT molecular complexity index is 312. The maximum absolute atomic E-state index is 12.3. The van der Waals surface area contributed by atoms with Crippen molar-refractivity contribution in [3.05, 3.63) is 0 Å². The fourth-order valence-electron chi connectivity index (χ4n) is 2.31. The van der Waals surface area contributed by atoms with Crippen LogP contribution in [0.25, 0.3) is 0 Å². The van der Waals surface area contributed by atoms with Gasteiger partial charge in [0.05, 0.1) is 6.42 Å². The second kappa shape index (κ2) is 8.30. The van der Waals surface area contributed by atoms with Crippen LogP contribution < -0.4 is 0 Å². The molecule has 0 bridgehead atoms. The summed E-state index contributed by atoms with van der Waals surface area (Å²) in [5, 5.41) is 9.35. The van der Waals surface area contributed by atoms with Gasteiger partial charge < -0.3 is 14.9 Å². The number of carboxylic acid groups (broad SMARTS) is 1. The van der Waals surface area contributed by atoms with Gasteiger partial charge in [0, 0.05) is 31.4 Å². The predicted octanol–water partition coefficient (Wildman–Crippen LogP) is 2.12. The topological polar surface area (TPSA) is 60.9 Å². The Balaban J connectivity index is 2.51. The predicted molar refractivity (Wildman–Crippen MR) is 77.6 cm³/mol. The van der Waals surface area contributed by atoms with E-state index in [0.717, 1.165) is 32.4 Å². The Kier molecular flexibility index (Phi) is 7.05. The third-order valence-corrected chi connectivity index (χ3v) is 4.66. The van der Waals surface area contributed by atoms with Crippen molar-refractivity contribution >= 4 is 23.8 Å². The lowest BCUT2D eigenvalue weighted by molar-refractivity contribution is -0.137. The molecule has 0 aromatic rings. The van der Waals surface area contributed by atoms with Gasteiger partial charge in [-0.05, 0) is 32.4 Å². The van der Waals surface area contributed by atoms with Gasteiger partial charge in [-0.3, -0.25) is 4.79 Å². The van der Waals surface area contributed by atoms with Gasteiger partial charge >= 0.3 is 12.0 Å². The molecule has 0 aromatic heterocycles. The van der Waals surface area contributed by atoms with Crippen molar-refractivity contribution in [1.82, 2.24) is 9.80 Å². The summed E-state index contributed by atoms with van der Waals surface area (Å²) in [6.07, 6.45) is 5.36. The lowest BCUT2D eigenvalue weighted by Crippen LogP contribution is -2.44. The highest BCUT2D eigenvalue weighted by molar-refractivity contribution is 7.99. The molecule has 6 heteroatoms. The van der Waals surface area contributed by atoms with E-state index in [0.29, 0.717) is 18.3 Å². The molecule has 1 unspecified atom stereocenters. The molecule has 1 saturated heterocycles. The molecule has 0 saturated carbocycles. The van der Waals surface area contributed by atoms with E-state index in [4.69, 9.17) is 5.11 Å². The normalized spacial score (nSPS) is 19.9. The van der Waals surface area contributed by atoms with Crippen LogP contribution in [0.2, 0.25) is 0 Å². The fraction of sp³-hybridized carbons (Fsp3) is 0.846. The molecule has 1 N–H and O–H groups in total. The number of carbonyl (C=O) groups is 2. The summed E-state index contributed by atoms with van der Waals surface area (Å²) in [5.74, 6) is -0.857. The van der Waals surface area contributed by atoms with Crippen LogP contribution in [0.4, 0.5) is 4.79 Å². The zero-order chi connectivity index (χ0) is 14.3. The second-order valence-electron chi connectivity index (χ2n) is 4.78. The fourth-order valence-corrected chi connectivity index (χ4v) is 3.06. The van der Waals surface area contributed by atoms with E-state index in [1.807, 2.05) is 23.6 Å². The summed E-state index contributed by atoms with van der Waals surface area (Å²) in [6.45, 7) is 4.33. The van der Waals surface area contributed by atoms with Crippen LogP contribution in [0.1, 0.15) is 32.6 Å². The van der Waals surface area contributed by atoms with Crippen LogP contribution in [0, 0.1) is 0 Å². The van der Waals surface area contributed by atoms with E-state index < -0.39 is 5.97 Å². The quantitative estimate of drug-likeness (QED) is 0.842. The first-order valence-electron chi connectivity index (χ1n) is 6.87. The average molecular weight is 288 g/mol. The van der Waals surface area contributed by atoms with Crippen molar-refractivity contribution in [2.24, 2.45) is 0 Å². The number of likely N-dealkylation sites (tertiary alicyclic amines) is 1. The number of carboxylic acids is 1. The highest BCUT2D eigenvalue weighted by Crippen LogP contribution is 2.21. The molecule has 19 heavy (non-hydrogen) atoms. The van der Waals surface area contributed by atoms with Crippen LogP contribution in [0.5, 0.6) is 0 Å². The molecule has 1 aliphatic rings. The molecule has 1 atom stereocenters. The van der Waals surface area contributed by atoms with Gasteiger partial charge in [-0.25, -0.2) is 4.79 Å². The van der Waals surface area contributed by atoms with Crippen LogP contribution in [0.15, 0.2) is 0 Å². The van der Waals surface area contributed by atoms with Crippen molar-refractivity contribution < 1.29 is 14.7 Å². The van der Waals surface area contributed by atoms with E-state index in [9.17, 15) is 9.59 Å². The standard InChI is InChI=1S/C13H24N2O3S/c1-3-14(10-7-12(16)17)13(18)15-8-4-5-11(19-2)6-9-15/h11H,3-10H2,1-2H3,(H,16,17). The Hall–Kier alpha value is -0.910. The minimum Gasteiger partial charge on any atom is -0.481 e. The van der Waals surface area contributed by atoms with Crippen LogP contribution in [-0.2, 0) is 4.79 Å². The Morgan fingerprint density at radius 2 is 2.11 bits per heavy atom. The molecule has 5 nitrogen and oxygen atoms in total. The van der Waals surface area contributed by atoms with E-state index >= 15 is 0 Å². The number of urea groups is 1. The Morgan fingerprint density at radius 1 is 1.37 bits per heavy atom. The molecule has 110 valence electrons. The number of amides is 2. The van der Waals surface area contributed by atoms with E-state index in [1.165, 1.54) is 0 Å². The van der Waals surface area contributed by atoms with E-state index in [2.05, 4.69) is 6.26 Å². The van der Waals surface area contributed by atoms with Gasteiger partial charge in [0.15, 0.2) is 0 Å². The number of thioether (sulfide) groups is 1. The summed E-state index contributed by atoms with van der Waals surface area (Å²) >= 11 is 1.87. The smallest absolute Gasteiger partial charge is 0.320 e. The number of carbonyl (C=O) groups excluding carboxylic acids is 1. The summed E-state index contributed by atoms with van der Waals surface area (Å²) in [4.78, 5) is 26.5. The van der Waals surface area contributed by atoms with Crippen molar-refractivity contribution in [3.8, 4) is 0 Å². The molecular formula is C13H24N2O3S. The first kappa shape index (κ1) is 16.1. The van der Waals surface area contributed by atoms with E-state index in [-0.39, 0.29) is 12.5 Å². The molecule has 0 spiro atoms. The van der Waals surface area contributed by atoms with Gasteiger partial charge in [0.2, 0.25) is 0 Å². The minimum absolute atomic E-state index is 0.00879. The maximum atomic E-state index is 12.3. The zero-order valence-corrected chi connectivity index (χ0v) is 12.6. The SMILES string of the molecule is CCN(CCC(=O)O)C(=O)N1CCCC(SC)CC1. The number of aliphatic carboxylic acids is 1. The summed E-state index contributed by atoms with van der Waals surface area (Å²) in [5.41, 5.74) is 0. The van der Waals surface area contributed by atoms with Crippen molar-refractivity contribution in [1.29, 1.82) is 0 Å². The first-order chi connectivity index (χ1) is 9.08. The summed E-state index contributed by atoms with van der Waals surface area (Å²) in [6, 6.07) is -0.00879. The highest BCUT2D eigenvalue weighted by Gasteiger charge is 2.23. The average Bonchev–Trinajstić information content (AvgIpc) is 2.64. The Labute approximate surface area is 119 Å². The largest absolute Gasteiger partial charge is 0.481 e. The number of hydrogen-bond donors (Lipinski definition) is 1. The summed E-state index contributed by atoms with van der Waals surface area (Å²) in [7, 11) is 0. The zero-order valence-electron chi connectivity index (χ0n) is 11.8. The van der Waals surface area contributed by atoms with Crippen LogP contribution >= 0.6 is 11.8 Å². The third kappa shape index (κ3) is 5.30. The maximum Gasteiger partial charge on any atom is 0.320 e. The third-order valence-electron chi connectivity index (χ3n) is 3.53. The van der Waals surface area contributed by atoms with Crippen LogP contribution in [-0.4, -0.2) is 64.6 Å². The van der Waals surface area contributed by atoms with Crippen molar-refractivity contribution in [2.75, 3.05) is 32.4 Å². The molecule has 0 radical (unpaired) electrons. The summed E-state index contributed by atoms with van der Waals surface area (Å²) < 4.78 is 0. The lowest BCUT2D eigenvalue weighted by Gasteiger charge is -2.28. The number of hydrogen-bond acceptors (Lipinski definition) is 3. The van der Waals surface area contributed by atoms with Crippen molar-refractivity contribution in [3.63, 3.8) is 0 Å². The molecule has 1 heterocycles. The van der Waals surface area contributed by atoms with Gasteiger partial charge in [-0.2, -0.15) is 11.8 Å². The van der Waals surface area contributed by atoms with Crippen LogP contribution in [0.3, 0.4) is 0 Å². The molecule has 1 fully saturated rings. The number of rotatable bonds is 5. The lowest BCUT2D eigenvalue weighted by atomic mass is 10.2. The second-order valence-corrected chi connectivity index (χ2v) is 5.92. The highest BCUT2D eigenvalue weighted by atomic mass is 32.2. The monoisotopic (exact) mass is 288 g/mol. The van der Waals surface area contributed by atoms with E-state index in [1.54, 1.807) is 4.90 Å².